The van der Waals surface area contributed by atoms with Crippen LogP contribution in [0.3, 0.4) is 0 Å². The van der Waals surface area contributed by atoms with Gasteiger partial charge in [-0.05, 0) is 31.2 Å². The van der Waals surface area contributed by atoms with Crippen LogP contribution in [0.1, 0.15) is 11.8 Å². The number of rotatable bonds is 7. The number of nitrogens with zero attached hydrogens (tertiary/aromatic N) is 4. The summed E-state index contributed by atoms with van der Waals surface area (Å²) < 4.78 is 6.29. The molecular weight excluding hydrogens is 380 g/mol. The molecule has 0 spiro atoms. The van der Waals surface area contributed by atoms with Crippen molar-refractivity contribution in [3.8, 4) is 11.5 Å². The lowest BCUT2D eigenvalue weighted by Crippen LogP contribution is -2.31. The molecule has 0 saturated carbocycles. The maximum absolute atomic E-state index is 12.4. The van der Waals surface area contributed by atoms with E-state index in [0.29, 0.717) is 24.2 Å². The van der Waals surface area contributed by atoms with E-state index in [1.54, 1.807) is 23.4 Å². The molecular formula is C16H15ClN4O2S2. The number of hydrogen-bond acceptors (Lipinski definition) is 7. The molecule has 0 aromatic carbocycles. The molecule has 0 atom stereocenters. The standard InChI is InChI=1S/C16H15ClN4O2S2/c1-2-21(9-12-5-6-13(17)25-12)14(22)10-24-16-20-19-15(23-16)11-4-3-7-18-8-11/h3-8H,2,9-10H2,1H3. The number of aromatic nitrogens is 3. The summed E-state index contributed by atoms with van der Waals surface area (Å²) in [5.41, 5.74) is 0.748. The van der Waals surface area contributed by atoms with Crippen LogP contribution in [-0.2, 0) is 11.3 Å². The van der Waals surface area contributed by atoms with Gasteiger partial charge in [0.25, 0.3) is 5.22 Å². The molecule has 0 aliphatic carbocycles. The first-order valence-corrected chi connectivity index (χ1v) is 9.72. The van der Waals surface area contributed by atoms with Crippen LogP contribution in [0, 0.1) is 0 Å². The largest absolute Gasteiger partial charge is 0.411 e. The summed E-state index contributed by atoms with van der Waals surface area (Å²) in [5.74, 6) is 0.642. The lowest BCUT2D eigenvalue weighted by Gasteiger charge is -2.19. The van der Waals surface area contributed by atoms with Gasteiger partial charge in [0, 0.05) is 23.8 Å². The SMILES string of the molecule is CCN(Cc1ccc(Cl)s1)C(=O)CSc1nnc(-c2cccnc2)o1. The van der Waals surface area contributed by atoms with Gasteiger partial charge in [-0.25, -0.2) is 0 Å². The van der Waals surface area contributed by atoms with Crippen molar-refractivity contribution in [2.24, 2.45) is 0 Å². The number of carbonyl (C=O) groups excluding carboxylic acids is 1. The quantitative estimate of drug-likeness (QED) is 0.564. The minimum absolute atomic E-state index is 0.0122. The van der Waals surface area contributed by atoms with Crippen LogP contribution in [0.15, 0.2) is 46.3 Å². The van der Waals surface area contributed by atoms with Gasteiger partial charge < -0.3 is 9.32 Å². The van der Waals surface area contributed by atoms with Gasteiger partial charge in [-0.3, -0.25) is 9.78 Å². The smallest absolute Gasteiger partial charge is 0.277 e. The second-order valence-electron chi connectivity index (χ2n) is 5.02. The molecule has 3 aromatic rings. The molecule has 0 fully saturated rings. The number of thiophene rings is 1. The molecule has 0 aliphatic rings. The molecule has 0 radical (unpaired) electrons. The van der Waals surface area contributed by atoms with Gasteiger partial charge >= 0.3 is 0 Å². The van der Waals surface area contributed by atoms with Crippen molar-refractivity contribution in [3.05, 3.63) is 45.9 Å². The van der Waals surface area contributed by atoms with Crippen molar-refractivity contribution < 1.29 is 9.21 Å². The Bertz CT molecular complexity index is 838. The van der Waals surface area contributed by atoms with E-state index < -0.39 is 0 Å². The lowest BCUT2D eigenvalue weighted by atomic mass is 10.3. The molecule has 0 bridgehead atoms. The van der Waals surface area contributed by atoms with E-state index in [9.17, 15) is 4.79 Å². The summed E-state index contributed by atoms with van der Waals surface area (Å²) in [7, 11) is 0. The highest BCUT2D eigenvalue weighted by Crippen LogP contribution is 2.25. The van der Waals surface area contributed by atoms with Gasteiger partial charge in [0.15, 0.2) is 0 Å². The minimum atomic E-state index is 0.0122. The number of thioether (sulfide) groups is 1. The van der Waals surface area contributed by atoms with E-state index in [2.05, 4.69) is 15.2 Å². The van der Waals surface area contributed by atoms with Crippen LogP contribution in [0.25, 0.3) is 11.5 Å². The normalized spacial score (nSPS) is 10.8. The molecule has 130 valence electrons. The van der Waals surface area contributed by atoms with Crippen LogP contribution in [-0.4, -0.2) is 38.3 Å². The molecule has 0 saturated heterocycles. The zero-order valence-electron chi connectivity index (χ0n) is 13.4. The fraction of sp³-hybridized carbons (Fsp3) is 0.250. The average molecular weight is 395 g/mol. The zero-order valence-corrected chi connectivity index (χ0v) is 15.8. The average Bonchev–Trinajstić information content (AvgIpc) is 3.27. The predicted octanol–water partition coefficient (Wildman–Crippen LogP) is 3.99. The van der Waals surface area contributed by atoms with Gasteiger partial charge in [0.1, 0.15) is 0 Å². The van der Waals surface area contributed by atoms with E-state index in [0.717, 1.165) is 14.8 Å². The molecule has 25 heavy (non-hydrogen) atoms. The summed E-state index contributed by atoms with van der Waals surface area (Å²) in [6.07, 6.45) is 3.33. The highest BCUT2D eigenvalue weighted by atomic mass is 35.5. The van der Waals surface area contributed by atoms with Crippen LogP contribution in [0.5, 0.6) is 0 Å². The Labute approximate surface area is 158 Å². The Balaban J connectivity index is 1.57. The number of amides is 1. The molecule has 9 heteroatoms. The van der Waals surface area contributed by atoms with E-state index in [4.69, 9.17) is 16.0 Å². The summed E-state index contributed by atoms with van der Waals surface area (Å²) in [5, 5.41) is 8.32. The third kappa shape index (κ3) is 4.81. The second kappa shape index (κ2) is 8.46. The maximum atomic E-state index is 12.4. The molecule has 6 nitrogen and oxygen atoms in total. The molecule has 0 aliphatic heterocycles. The highest BCUT2D eigenvalue weighted by Gasteiger charge is 2.16. The maximum Gasteiger partial charge on any atom is 0.277 e. The Kier molecular flexibility index (Phi) is 6.06. The van der Waals surface area contributed by atoms with Crippen molar-refractivity contribution in [1.82, 2.24) is 20.1 Å². The first-order chi connectivity index (χ1) is 12.2. The summed E-state index contributed by atoms with van der Waals surface area (Å²) >= 11 is 8.65. The van der Waals surface area contributed by atoms with Crippen molar-refractivity contribution in [1.29, 1.82) is 0 Å². The van der Waals surface area contributed by atoms with Gasteiger partial charge in [-0.15, -0.1) is 21.5 Å². The van der Waals surface area contributed by atoms with Crippen molar-refractivity contribution in [2.75, 3.05) is 12.3 Å². The number of pyridine rings is 1. The Morgan fingerprint density at radius 1 is 1.36 bits per heavy atom. The number of halogens is 1. The van der Waals surface area contributed by atoms with Gasteiger partial charge in [-0.2, -0.15) is 0 Å². The van der Waals surface area contributed by atoms with Crippen molar-refractivity contribution in [3.63, 3.8) is 0 Å². The first-order valence-electron chi connectivity index (χ1n) is 7.54. The first kappa shape index (κ1) is 17.9. The minimum Gasteiger partial charge on any atom is -0.411 e. The molecule has 0 N–H and O–H groups in total. The van der Waals surface area contributed by atoms with Crippen molar-refractivity contribution >= 4 is 40.6 Å². The van der Waals surface area contributed by atoms with Gasteiger partial charge in [-0.1, -0.05) is 23.4 Å². The number of carbonyl (C=O) groups is 1. The Hall–Kier alpha value is -1.90. The van der Waals surface area contributed by atoms with Crippen LogP contribution >= 0.6 is 34.7 Å². The molecule has 0 unspecified atom stereocenters. The predicted molar refractivity (Wildman–Crippen MR) is 98.7 cm³/mol. The van der Waals surface area contributed by atoms with Crippen LogP contribution in [0.4, 0.5) is 0 Å². The van der Waals surface area contributed by atoms with Crippen molar-refractivity contribution in [2.45, 2.75) is 18.7 Å². The third-order valence-electron chi connectivity index (χ3n) is 3.34. The summed E-state index contributed by atoms with van der Waals surface area (Å²) in [4.78, 5) is 19.3. The summed E-state index contributed by atoms with van der Waals surface area (Å²) in [6, 6.07) is 7.41. The van der Waals surface area contributed by atoms with Gasteiger partial charge in [0.05, 0.1) is 22.2 Å². The molecule has 1 amide bonds. The van der Waals surface area contributed by atoms with E-state index in [-0.39, 0.29) is 11.7 Å². The van der Waals surface area contributed by atoms with Gasteiger partial charge in [0.2, 0.25) is 11.8 Å². The topological polar surface area (TPSA) is 72.1 Å². The van der Waals surface area contributed by atoms with Crippen LogP contribution in [0.2, 0.25) is 4.34 Å². The van der Waals surface area contributed by atoms with Crippen LogP contribution < -0.4 is 0 Å². The monoisotopic (exact) mass is 394 g/mol. The Morgan fingerprint density at radius 2 is 2.24 bits per heavy atom. The highest BCUT2D eigenvalue weighted by molar-refractivity contribution is 7.99. The molecule has 3 aromatic heterocycles. The fourth-order valence-electron chi connectivity index (χ4n) is 2.09. The third-order valence-corrected chi connectivity index (χ3v) is 5.36. The summed E-state index contributed by atoms with van der Waals surface area (Å²) in [6.45, 7) is 3.13. The zero-order chi connectivity index (χ0) is 17.6. The molecule has 3 heterocycles. The van der Waals surface area contributed by atoms with E-state index in [1.165, 1.54) is 23.1 Å². The lowest BCUT2D eigenvalue weighted by molar-refractivity contribution is -0.128. The number of hydrogen-bond donors (Lipinski definition) is 0. The second-order valence-corrected chi connectivity index (χ2v) is 7.74. The van der Waals surface area contributed by atoms with E-state index in [1.807, 2.05) is 25.1 Å². The Morgan fingerprint density at radius 3 is 2.92 bits per heavy atom. The fourth-order valence-corrected chi connectivity index (χ4v) is 3.86. The molecule has 3 rings (SSSR count). The van der Waals surface area contributed by atoms with E-state index >= 15 is 0 Å².